The Bertz CT molecular complexity index is 566. The van der Waals surface area contributed by atoms with Crippen molar-refractivity contribution < 1.29 is 4.79 Å². The third-order valence-corrected chi connectivity index (χ3v) is 5.90. The molecule has 2 fully saturated rings. The first-order valence-corrected chi connectivity index (χ1v) is 10.1. The highest BCUT2D eigenvalue weighted by Crippen LogP contribution is 2.40. The largest absolute Gasteiger partial charge is 0.355 e. The maximum Gasteiger partial charge on any atom is 0.230 e. The van der Waals surface area contributed by atoms with Gasteiger partial charge in [0.2, 0.25) is 5.91 Å². The van der Waals surface area contributed by atoms with Crippen molar-refractivity contribution in [3.05, 3.63) is 34.9 Å². The van der Waals surface area contributed by atoms with Crippen LogP contribution in [0.15, 0.2) is 24.3 Å². The maximum absolute atomic E-state index is 13.1. The van der Waals surface area contributed by atoms with Gasteiger partial charge in [0.05, 0.1) is 5.41 Å². The van der Waals surface area contributed by atoms with Gasteiger partial charge in [-0.1, -0.05) is 43.0 Å². The van der Waals surface area contributed by atoms with Gasteiger partial charge in [0, 0.05) is 37.7 Å². The molecular formula is C20H30ClN3O. The zero-order valence-electron chi connectivity index (χ0n) is 15.0. The molecule has 0 atom stereocenters. The molecule has 1 aromatic rings. The monoisotopic (exact) mass is 363 g/mol. The van der Waals surface area contributed by atoms with Gasteiger partial charge in [-0.25, -0.2) is 0 Å². The van der Waals surface area contributed by atoms with Crippen molar-refractivity contribution in [3.63, 3.8) is 0 Å². The van der Waals surface area contributed by atoms with E-state index in [0.717, 1.165) is 76.9 Å². The van der Waals surface area contributed by atoms with E-state index in [1.54, 1.807) is 0 Å². The van der Waals surface area contributed by atoms with Crippen molar-refractivity contribution in [2.24, 2.45) is 0 Å². The van der Waals surface area contributed by atoms with Crippen LogP contribution in [0.4, 0.5) is 0 Å². The lowest BCUT2D eigenvalue weighted by Gasteiger charge is -2.36. The van der Waals surface area contributed by atoms with E-state index in [4.69, 9.17) is 11.6 Å². The topological polar surface area (TPSA) is 44.4 Å². The molecule has 25 heavy (non-hydrogen) atoms. The number of amides is 1. The molecular weight excluding hydrogens is 334 g/mol. The first kappa shape index (κ1) is 18.7. The normalized spacial score (nSPS) is 21.0. The Hall–Kier alpha value is -1.10. The number of piperazine rings is 1. The Balaban J connectivity index is 1.58. The molecule has 2 N–H and O–H groups in total. The lowest BCUT2D eigenvalue weighted by atomic mass is 9.68. The first-order valence-electron chi connectivity index (χ1n) is 9.68. The van der Waals surface area contributed by atoms with Crippen LogP contribution in [0.2, 0.25) is 5.02 Å². The molecule has 0 radical (unpaired) electrons. The van der Waals surface area contributed by atoms with Gasteiger partial charge >= 0.3 is 0 Å². The predicted molar refractivity (Wildman–Crippen MR) is 103 cm³/mol. The standard InChI is InChI=1S/C20H30ClN3O/c21-18-7-4-6-17(16-18)20(8-2-1-3-9-20)19(25)23-10-5-13-24-14-11-22-12-15-24/h4,6-7,16,22H,1-3,5,8-15H2,(H,23,25). The van der Waals surface area contributed by atoms with Gasteiger partial charge in [0.15, 0.2) is 0 Å². The molecule has 1 aliphatic heterocycles. The fourth-order valence-electron chi connectivity index (χ4n) is 4.20. The summed E-state index contributed by atoms with van der Waals surface area (Å²) in [5, 5.41) is 7.31. The van der Waals surface area contributed by atoms with Crippen LogP contribution in [-0.2, 0) is 10.2 Å². The summed E-state index contributed by atoms with van der Waals surface area (Å²) in [6, 6.07) is 7.89. The number of halogens is 1. The first-order chi connectivity index (χ1) is 12.2. The lowest BCUT2D eigenvalue weighted by molar-refractivity contribution is -0.128. The molecule has 0 aromatic heterocycles. The van der Waals surface area contributed by atoms with Crippen molar-refractivity contribution in [1.82, 2.24) is 15.5 Å². The van der Waals surface area contributed by atoms with Crippen LogP contribution in [0.25, 0.3) is 0 Å². The number of benzene rings is 1. The SMILES string of the molecule is O=C(NCCCN1CCNCC1)C1(c2cccc(Cl)c2)CCCCC1. The Kier molecular flexibility index (Phi) is 6.74. The minimum atomic E-state index is -0.391. The van der Waals surface area contributed by atoms with Gasteiger partial charge in [0.25, 0.3) is 0 Å². The van der Waals surface area contributed by atoms with Crippen LogP contribution < -0.4 is 10.6 Å². The Morgan fingerprint density at radius 1 is 1.20 bits per heavy atom. The summed E-state index contributed by atoms with van der Waals surface area (Å²) in [5.41, 5.74) is 0.692. The Morgan fingerprint density at radius 2 is 1.96 bits per heavy atom. The molecule has 1 saturated heterocycles. The number of rotatable bonds is 6. The predicted octanol–water partition coefficient (Wildman–Crippen LogP) is 2.95. The smallest absolute Gasteiger partial charge is 0.230 e. The summed E-state index contributed by atoms with van der Waals surface area (Å²) < 4.78 is 0. The molecule has 1 amide bonds. The molecule has 1 aliphatic carbocycles. The van der Waals surface area contributed by atoms with Gasteiger partial charge in [-0.3, -0.25) is 4.79 Å². The summed E-state index contributed by atoms with van der Waals surface area (Å²) in [5.74, 6) is 0.190. The van der Waals surface area contributed by atoms with Crippen LogP contribution in [0.3, 0.4) is 0 Å². The second-order valence-electron chi connectivity index (χ2n) is 7.35. The molecule has 4 nitrogen and oxygen atoms in total. The van der Waals surface area contributed by atoms with Crippen molar-refractivity contribution in [1.29, 1.82) is 0 Å². The zero-order chi connectivity index (χ0) is 17.5. The van der Waals surface area contributed by atoms with E-state index in [-0.39, 0.29) is 5.91 Å². The van der Waals surface area contributed by atoms with Crippen molar-refractivity contribution in [2.75, 3.05) is 39.3 Å². The highest BCUT2D eigenvalue weighted by atomic mass is 35.5. The van der Waals surface area contributed by atoms with Crippen LogP contribution in [0.5, 0.6) is 0 Å². The molecule has 0 bridgehead atoms. The average Bonchev–Trinajstić information content (AvgIpc) is 2.66. The van der Waals surface area contributed by atoms with Crippen LogP contribution in [0, 0.1) is 0 Å². The molecule has 138 valence electrons. The van der Waals surface area contributed by atoms with Gasteiger partial charge in [0.1, 0.15) is 0 Å². The van der Waals surface area contributed by atoms with E-state index in [0.29, 0.717) is 5.02 Å². The van der Waals surface area contributed by atoms with E-state index in [9.17, 15) is 4.79 Å². The molecule has 1 heterocycles. The minimum absolute atomic E-state index is 0.190. The molecule has 1 aromatic carbocycles. The van der Waals surface area contributed by atoms with Gasteiger partial charge in [-0.05, 0) is 43.5 Å². The van der Waals surface area contributed by atoms with Crippen LogP contribution in [0.1, 0.15) is 44.1 Å². The minimum Gasteiger partial charge on any atom is -0.355 e. The van der Waals surface area contributed by atoms with Crippen molar-refractivity contribution >= 4 is 17.5 Å². The molecule has 0 unspecified atom stereocenters. The molecule has 5 heteroatoms. The summed E-state index contributed by atoms with van der Waals surface area (Å²) in [6.07, 6.45) is 6.31. The van der Waals surface area contributed by atoms with Gasteiger partial charge < -0.3 is 15.5 Å². The van der Waals surface area contributed by atoms with Crippen molar-refractivity contribution in [3.8, 4) is 0 Å². The number of hydrogen-bond donors (Lipinski definition) is 2. The van der Waals surface area contributed by atoms with Gasteiger partial charge in [-0.15, -0.1) is 0 Å². The number of nitrogens with one attached hydrogen (secondary N) is 2. The zero-order valence-corrected chi connectivity index (χ0v) is 15.8. The van der Waals surface area contributed by atoms with E-state index in [1.807, 2.05) is 18.2 Å². The number of nitrogens with zero attached hydrogens (tertiary/aromatic N) is 1. The lowest BCUT2D eigenvalue weighted by Crippen LogP contribution is -2.47. The van der Waals surface area contributed by atoms with Gasteiger partial charge in [-0.2, -0.15) is 0 Å². The number of carbonyl (C=O) groups excluding carboxylic acids is 1. The molecule has 2 aliphatic rings. The van der Waals surface area contributed by atoms with E-state index in [1.165, 1.54) is 6.42 Å². The summed E-state index contributed by atoms with van der Waals surface area (Å²) >= 11 is 6.20. The van der Waals surface area contributed by atoms with Crippen LogP contribution >= 0.6 is 11.6 Å². The maximum atomic E-state index is 13.1. The quantitative estimate of drug-likeness (QED) is 0.764. The van der Waals surface area contributed by atoms with Crippen LogP contribution in [-0.4, -0.2) is 50.1 Å². The molecule has 0 spiro atoms. The van der Waals surface area contributed by atoms with E-state index >= 15 is 0 Å². The van der Waals surface area contributed by atoms with E-state index < -0.39 is 5.41 Å². The van der Waals surface area contributed by atoms with E-state index in [2.05, 4.69) is 21.6 Å². The third-order valence-electron chi connectivity index (χ3n) is 5.67. The third kappa shape index (κ3) is 4.75. The molecule has 3 rings (SSSR count). The summed E-state index contributed by atoms with van der Waals surface area (Å²) in [4.78, 5) is 15.6. The second kappa shape index (κ2) is 9.02. The Morgan fingerprint density at radius 3 is 2.68 bits per heavy atom. The molecule has 1 saturated carbocycles. The second-order valence-corrected chi connectivity index (χ2v) is 7.79. The fraction of sp³-hybridized carbons (Fsp3) is 0.650. The summed E-state index contributed by atoms with van der Waals surface area (Å²) in [7, 11) is 0. The Labute approximate surface area is 156 Å². The fourth-order valence-corrected chi connectivity index (χ4v) is 4.39. The number of hydrogen-bond acceptors (Lipinski definition) is 3. The van der Waals surface area contributed by atoms with Crippen molar-refractivity contribution in [2.45, 2.75) is 43.9 Å². The highest BCUT2D eigenvalue weighted by Gasteiger charge is 2.40. The highest BCUT2D eigenvalue weighted by molar-refractivity contribution is 6.30. The number of carbonyl (C=O) groups is 1. The summed E-state index contributed by atoms with van der Waals surface area (Å²) in [6.45, 7) is 6.19. The average molecular weight is 364 g/mol.